The molecule has 0 saturated heterocycles. The predicted octanol–water partition coefficient (Wildman–Crippen LogP) is 2.97. The van der Waals surface area contributed by atoms with Crippen molar-refractivity contribution >= 4 is 11.3 Å². The highest BCUT2D eigenvalue weighted by atomic mass is 32.1. The van der Waals surface area contributed by atoms with Crippen molar-refractivity contribution in [2.24, 2.45) is 5.92 Å². The Hall–Kier alpha value is -0.340. The van der Waals surface area contributed by atoms with Crippen molar-refractivity contribution in [3.05, 3.63) is 21.9 Å². The molecule has 1 unspecified atom stereocenters. The first-order valence-electron chi connectivity index (χ1n) is 4.37. The first-order valence-corrected chi connectivity index (χ1v) is 5.25. The summed E-state index contributed by atoms with van der Waals surface area (Å²) in [6.45, 7) is 6.64. The normalized spacial score (nSPS) is 13.8. The highest BCUT2D eigenvalue weighted by Crippen LogP contribution is 2.25. The molecule has 1 atom stereocenters. The Balaban J connectivity index is 2.80. The summed E-state index contributed by atoms with van der Waals surface area (Å²) in [5.41, 5.74) is 1.43. The van der Waals surface area contributed by atoms with Crippen LogP contribution in [-0.4, -0.2) is 7.05 Å². The molecule has 0 radical (unpaired) electrons. The van der Waals surface area contributed by atoms with E-state index in [4.69, 9.17) is 0 Å². The minimum Gasteiger partial charge on any atom is -0.313 e. The molecule has 0 aromatic carbocycles. The highest BCUT2D eigenvalue weighted by Gasteiger charge is 2.13. The van der Waals surface area contributed by atoms with Gasteiger partial charge in [-0.3, -0.25) is 0 Å². The van der Waals surface area contributed by atoms with Crippen LogP contribution in [0.4, 0.5) is 0 Å². The fourth-order valence-corrected chi connectivity index (χ4v) is 2.25. The fraction of sp³-hybridized carbons (Fsp3) is 0.600. The lowest BCUT2D eigenvalue weighted by molar-refractivity contribution is 0.444. The van der Waals surface area contributed by atoms with E-state index in [2.05, 4.69) is 37.5 Å². The Labute approximate surface area is 78.8 Å². The first-order chi connectivity index (χ1) is 5.65. The second-order valence-electron chi connectivity index (χ2n) is 3.50. The molecule has 0 saturated carbocycles. The number of nitrogens with one attached hydrogen (secondary N) is 1. The molecule has 0 amide bonds. The third kappa shape index (κ3) is 2.08. The second kappa shape index (κ2) is 4.06. The van der Waals surface area contributed by atoms with Crippen LogP contribution in [0, 0.1) is 12.8 Å². The average Bonchev–Trinajstić information content (AvgIpc) is 2.37. The van der Waals surface area contributed by atoms with Crippen LogP contribution in [0.3, 0.4) is 0 Å². The van der Waals surface area contributed by atoms with Crippen LogP contribution in [0.1, 0.15) is 30.3 Å². The third-order valence-corrected chi connectivity index (χ3v) is 2.97. The van der Waals surface area contributed by atoms with E-state index in [1.807, 2.05) is 18.4 Å². The predicted molar refractivity (Wildman–Crippen MR) is 55.7 cm³/mol. The zero-order valence-corrected chi connectivity index (χ0v) is 9.03. The van der Waals surface area contributed by atoms with E-state index >= 15 is 0 Å². The number of thiophene rings is 1. The van der Waals surface area contributed by atoms with Crippen LogP contribution in [0.2, 0.25) is 0 Å². The molecule has 1 nitrogen and oxygen atoms in total. The number of rotatable bonds is 3. The minimum absolute atomic E-state index is 0.509. The summed E-state index contributed by atoms with van der Waals surface area (Å²) in [5, 5.41) is 5.58. The third-order valence-electron chi connectivity index (χ3n) is 2.09. The van der Waals surface area contributed by atoms with Gasteiger partial charge in [0.2, 0.25) is 0 Å². The summed E-state index contributed by atoms with van der Waals surface area (Å²) in [6.07, 6.45) is 0. The summed E-state index contributed by atoms with van der Waals surface area (Å²) < 4.78 is 0. The number of hydrogen-bond acceptors (Lipinski definition) is 2. The van der Waals surface area contributed by atoms with E-state index in [0.29, 0.717) is 12.0 Å². The van der Waals surface area contributed by atoms with E-state index in [-0.39, 0.29) is 0 Å². The summed E-state index contributed by atoms with van der Waals surface area (Å²) in [4.78, 5) is 1.39. The quantitative estimate of drug-likeness (QED) is 0.759. The lowest BCUT2D eigenvalue weighted by Gasteiger charge is -2.18. The maximum absolute atomic E-state index is 3.34. The van der Waals surface area contributed by atoms with Crippen molar-refractivity contribution in [3.63, 3.8) is 0 Å². The Morgan fingerprint density at radius 2 is 2.08 bits per heavy atom. The highest BCUT2D eigenvalue weighted by molar-refractivity contribution is 7.10. The molecule has 0 bridgehead atoms. The van der Waals surface area contributed by atoms with Gasteiger partial charge in [0.15, 0.2) is 0 Å². The molecule has 12 heavy (non-hydrogen) atoms. The smallest absolute Gasteiger partial charge is 0.0349 e. The van der Waals surface area contributed by atoms with Crippen molar-refractivity contribution in [3.8, 4) is 0 Å². The van der Waals surface area contributed by atoms with Crippen LogP contribution in [-0.2, 0) is 0 Å². The molecule has 1 rings (SSSR count). The molecule has 0 aliphatic carbocycles. The van der Waals surface area contributed by atoms with Crippen molar-refractivity contribution in [2.75, 3.05) is 7.05 Å². The van der Waals surface area contributed by atoms with Gasteiger partial charge >= 0.3 is 0 Å². The molecule has 1 N–H and O–H groups in total. The van der Waals surface area contributed by atoms with Crippen LogP contribution in [0.15, 0.2) is 11.4 Å². The van der Waals surface area contributed by atoms with E-state index in [0.717, 1.165) is 0 Å². The average molecular weight is 183 g/mol. The molecular weight excluding hydrogens is 166 g/mol. The Kier molecular flexibility index (Phi) is 3.29. The van der Waals surface area contributed by atoms with E-state index in [9.17, 15) is 0 Å². The zero-order valence-electron chi connectivity index (χ0n) is 8.22. The maximum Gasteiger partial charge on any atom is 0.0349 e. The molecule has 0 spiro atoms. The maximum atomic E-state index is 3.34. The van der Waals surface area contributed by atoms with Gasteiger partial charge in [-0.15, -0.1) is 11.3 Å². The Morgan fingerprint density at radius 1 is 1.42 bits per heavy atom. The van der Waals surface area contributed by atoms with Gasteiger partial charge in [-0.2, -0.15) is 0 Å². The van der Waals surface area contributed by atoms with Gasteiger partial charge in [-0.05, 0) is 36.9 Å². The fourth-order valence-electron chi connectivity index (χ4n) is 1.51. The number of aryl methyl sites for hydroxylation is 1. The molecule has 1 heterocycles. The summed E-state index contributed by atoms with van der Waals surface area (Å²) in [7, 11) is 2.03. The van der Waals surface area contributed by atoms with E-state index < -0.39 is 0 Å². The van der Waals surface area contributed by atoms with Crippen LogP contribution >= 0.6 is 11.3 Å². The largest absolute Gasteiger partial charge is 0.313 e. The van der Waals surface area contributed by atoms with Crippen molar-refractivity contribution < 1.29 is 0 Å². The van der Waals surface area contributed by atoms with E-state index in [1.54, 1.807) is 0 Å². The van der Waals surface area contributed by atoms with Gasteiger partial charge in [-0.1, -0.05) is 13.8 Å². The van der Waals surface area contributed by atoms with Crippen molar-refractivity contribution in [1.29, 1.82) is 0 Å². The van der Waals surface area contributed by atoms with Crippen LogP contribution in [0.5, 0.6) is 0 Å². The molecule has 68 valence electrons. The number of hydrogen-bond donors (Lipinski definition) is 1. The lowest BCUT2D eigenvalue weighted by Crippen LogP contribution is -2.20. The Bertz CT molecular complexity index is 240. The van der Waals surface area contributed by atoms with Gasteiger partial charge < -0.3 is 5.32 Å². The van der Waals surface area contributed by atoms with Gasteiger partial charge in [-0.25, -0.2) is 0 Å². The van der Waals surface area contributed by atoms with Crippen LogP contribution < -0.4 is 5.32 Å². The van der Waals surface area contributed by atoms with Crippen LogP contribution in [0.25, 0.3) is 0 Å². The molecule has 1 aromatic rings. The zero-order chi connectivity index (χ0) is 9.14. The standard InChI is InChI=1S/C10H17NS/c1-7(2)10(11-4)9-5-8(3)12-6-9/h5-7,10-11H,1-4H3. The van der Waals surface area contributed by atoms with Gasteiger partial charge in [0.1, 0.15) is 0 Å². The van der Waals surface area contributed by atoms with Crippen molar-refractivity contribution in [2.45, 2.75) is 26.8 Å². The summed E-state index contributed by atoms with van der Waals surface area (Å²) in [5.74, 6) is 0.656. The molecule has 0 aliphatic heterocycles. The molecular formula is C10H17NS. The molecule has 0 fully saturated rings. The van der Waals surface area contributed by atoms with Gasteiger partial charge in [0.25, 0.3) is 0 Å². The SMILES string of the molecule is CNC(c1csc(C)c1)C(C)C. The molecule has 2 heteroatoms. The molecule has 0 aliphatic rings. The topological polar surface area (TPSA) is 12.0 Å². The lowest BCUT2D eigenvalue weighted by atomic mass is 9.99. The molecule has 1 aromatic heterocycles. The first kappa shape index (κ1) is 9.75. The van der Waals surface area contributed by atoms with Crippen molar-refractivity contribution in [1.82, 2.24) is 5.32 Å². The summed E-state index contributed by atoms with van der Waals surface area (Å²) >= 11 is 1.83. The van der Waals surface area contributed by atoms with Gasteiger partial charge in [0.05, 0.1) is 0 Å². The minimum atomic E-state index is 0.509. The van der Waals surface area contributed by atoms with E-state index in [1.165, 1.54) is 10.4 Å². The Morgan fingerprint density at radius 3 is 2.42 bits per heavy atom. The summed E-state index contributed by atoms with van der Waals surface area (Å²) in [6, 6.07) is 2.78. The van der Waals surface area contributed by atoms with Gasteiger partial charge in [0, 0.05) is 10.9 Å². The second-order valence-corrected chi connectivity index (χ2v) is 4.62. The monoisotopic (exact) mass is 183 g/mol.